The van der Waals surface area contributed by atoms with Gasteiger partial charge >= 0.3 is 0 Å². The van der Waals surface area contributed by atoms with Crippen molar-refractivity contribution in [1.82, 2.24) is 10.4 Å². The van der Waals surface area contributed by atoms with Crippen LogP contribution in [0.3, 0.4) is 0 Å². The van der Waals surface area contributed by atoms with E-state index in [0.29, 0.717) is 28.5 Å². The molecule has 0 saturated heterocycles. The van der Waals surface area contributed by atoms with Crippen LogP contribution in [0.25, 0.3) is 11.3 Å². The fourth-order valence-corrected chi connectivity index (χ4v) is 4.76. The van der Waals surface area contributed by atoms with Gasteiger partial charge in [0.1, 0.15) is 12.4 Å². The number of hydrazone groups is 1. The topological polar surface area (TPSA) is 75.6 Å². The molecule has 1 heterocycles. The molecular formula is C32H27ClN4O2S. The van der Waals surface area contributed by atoms with Crippen LogP contribution < -0.4 is 15.5 Å². The molecular weight excluding hydrogens is 540 g/mol. The van der Waals surface area contributed by atoms with E-state index in [1.807, 2.05) is 60.8 Å². The van der Waals surface area contributed by atoms with E-state index in [4.69, 9.17) is 16.3 Å². The molecule has 0 radical (unpaired) electrons. The number of aryl methyl sites for hydroxylation is 2. The second kappa shape index (κ2) is 12.6. The Morgan fingerprint density at radius 2 is 1.65 bits per heavy atom. The van der Waals surface area contributed by atoms with Gasteiger partial charge in [-0.05, 0) is 61.9 Å². The van der Waals surface area contributed by atoms with E-state index in [1.165, 1.54) is 28.7 Å². The lowest BCUT2D eigenvalue weighted by Gasteiger charge is -2.10. The van der Waals surface area contributed by atoms with Crippen molar-refractivity contribution < 1.29 is 9.53 Å². The predicted octanol–water partition coefficient (Wildman–Crippen LogP) is 8.17. The van der Waals surface area contributed by atoms with Gasteiger partial charge in [0, 0.05) is 32.8 Å². The number of anilines is 2. The third-order valence-corrected chi connectivity index (χ3v) is 7.10. The molecule has 0 unspecified atom stereocenters. The number of hydrogen-bond acceptors (Lipinski definition) is 6. The monoisotopic (exact) mass is 566 g/mol. The first-order valence-corrected chi connectivity index (χ1v) is 13.9. The second-order valence-corrected chi connectivity index (χ2v) is 10.6. The van der Waals surface area contributed by atoms with Crippen molar-refractivity contribution >= 4 is 45.9 Å². The zero-order chi connectivity index (χ0) is 27.9. The van der Waals surface area contributed by atoms with Gasteiger partial charge in [-0.1, -0.05) is 71.3 Å². The van der Waals surface area contributed by atoms with Crippen molar-refractivity contribution in [1.29, 1.82) is 0 Å². The molecule has 200 valence electrons. The van der Waals surface area contributed by atoms with Gasteiger partial charge in [0.05, 0.1) is 11.9 Å². The number of nitrogens with one attached hydrogen (secondary N) is 2. The summed E-state index contributed by atoms with van der Waals surface area (Å²) in [5.41, 5.74) is 9.91. The quantitative estimate of drug-likeness (QED) is 0.139. The fraction of sp³-hybridized carbons (Fsp3) is 0.0938. The maximum atomic E-state index is 12.7. The van der Waals surface area contributed by atoms with Crippen LogP contribution in [0.15, 0.2) is 101 Å². The molecule has 0 bridgehead atoms. The van der Waals surface area contributed by atoms with E-state index in [-0.39, 0.29) is 5.91 Å². The Balaban J connectivity index is 1.19. The van der Waals surface area contributed by atoms with E-state index >= 15 is 0 Å². The number of amides is 1. The number of thiazole rings is 1. The highest BCUT2D eigenvalue weighted by atomic mass is 35.5. The van der Waals surface area contributed by atoms with Crippen molar-refractivity contribution in [2.75, 3.05) is 5.32 Å². The number of halogens is 1. The summed E-state index contributed by atoms with van der Waals surface area (Å²) in [4.78, 5) is 17.4. The molecule has 0 saturated carbocycles. The van der Waals surface area contributed by atoms with E-state index in [9.17, 15) is 4.79 Å². The number of nitrogens with zero attached hydrogens (tertiary/aromatic N) is 2. The molecule has 4 aromatic carbocycles. The van der Waals surface area contributed by atoms with Crippen molar-refractivity contribution in [2.24, 2.45) is 5.10 Å². The summed E-state index contributed by atoms with van der Waals surface area (Å²) in [7, 11) is 0. The van der Waals surface area contributed by atoms with Gasteiger partial charge in [-0.2, -0.15) is 5.10 Å². The van der Waals surface area contributed by atoms with Gasteiger partial charge < -0.3 is 10.1 Å². The zero-order valence-electron chi connectivity index (χ0n) is 22.0. The Hall–Kier alpha value is -4.46. The summed E-state index contributed by atoms with van der Waals surface area (Å²) in [5, 5.41) is 10.8. The molecule has 1 aromatic heterocycles. The minimum Gasteiger partial charge on any atom is -0.488 e. The van der Waals surface area contributed by atoms with Gasteiger partial charge in [-0.25, -0.2) is 10.4 Å². The minimum absolute atomic E-state index is 0.327. The molecule has 1 amide bonds. The molecule has 8 heteroatoms. The molecule has 0 atom stereocenters. The molecule has 40 heavy (non-hydrogen) atoms. The Morgan fingerprint density at radius 3 is 2.38 bits per heavy atom. The van der Waals surface area contributed by atoms with Crippen LogP contribution >= 0.6 is 22.9 Å². The van der Waals surface area contributed by atoms with Crippen LogP contribution in [0.5, 0.6) is 5.75 Å². The molecule has 5 rings (SSSR count). The van der Waals surface area contributed by atoms with Crippen LogP contribution in [0, 0.1) is 13.8 Å². The standard InChI is InChI=1S/C32H27ClN4O2S/c1-21-3-7-23(8-4-21)19-39-30-16-13-27(33)17-26(30)18-34-37-31(38)25-11-9-24(10-12-25)29-20-40-32(36-29)35-28-14-5-22(2)6-15-28/h3-18,20H,19H2,1-2H3,(H,35,36)(H,37,38)/b34-18-. The molecule has 2 N–H and O–H groups in total. The zero-order valence-corrected chi connectivity index (χ0v) is 23.6. The first kappa shape index (κ1) is 27.1. The number of ether oxygens (including phenoxy) is 1. The normalized spacial score (nSPS) is 11.0. The van der Waals surface area contributed by atoms with Crippen LogP contribution in [-0.2, 0) is 6.61 Å². The third kappa shape index (κ3) is 7.14. The molecule has 6 nitrogen and oxygen atoms in total. The first-order chi connectivity index (χ1) is 19.4. The number of carbonyl (C=O) groups is 1. The Morgan fingerprint density at radius 1 is 0.950 bits per heavy atom. The summed E-state index contributed by atoms with van der Waals surface area (Å²) < 4.78 is 5.98. The minimum atomic E-state index is -0.327. The molecule has 0 fully saturated rings. The average Bonchev–Trinajstić information content (AvgIpc) is 3.43. The summed E-state index contributed by atoms with van der Waals surface area (Å²) in [6.45, 7) is 4.51. The average molecular weight is 567 g/mol. The number of rotatable bonds is 9. The molecule has 0 spiro atoms. The van der Waals surface area contributed by atoms with Gasteiger partial charge in [0.15, 0.2) is 5.13 Å². The number of benzene rings is 4. The first-order valence-electron chi connectivity index (χ1n) is 12.6. The lowest BCUT2D eigenvalue weighted by atomic mass is 10.1. The van der Waals surface area contributed by atoms with E-state index in [2.05, 4.69) is 39.9 Å². The molecule has 5 aromatic rings. The molecule has 0 aliphatic carbocycles. The predicted molar refractivity (Wildman–Crippen MR) is 164 cm³/mol. The molecule has 0 aliphatic heterocycles. The van der Waals surface area contributed by atoms with Crippen molar-refractivity contribution in [3.8, 4) is 17.0 Å². The third-order valence-electron chi connectivity index (χ3n) is 6.11. The maximum Gasteiger partial charge on any atom is 0.271 e. The number of carbonyl (C=O) groups excluding carboxylic acids is 1. The summed E-state index contributed by atoms with van der Waals surface area (Å²) in [5.74, 6) is 0.291. The summed E-state index contributed by atoms with van der Waals surface area (Å²) >= 11 is 7.72. The smallest absolute Gasteiger partial charge is 0.271 e. The highest BCUT2D eigenvalue weighted by molar-refractivity contribution is 7.14. The van der Waals surface area contributed by atoms with Crippen LogP contribution in [0.4, 0.5) is 10.8 Å². The lowest BCUT2D eigenvalue weighted by molar-refractivity contribution is 0.0955. The van der Waals surface area contributed by atoms with E-state index < -0.39 is 0 Å². The van der Waals surface area contributed by atoms with Crippen molar-refractivity contribution in [3.05, 3.63) is 129 Å². The summed E-state index contributed by atoms with van der Waals surface area (Å²) in [6.07, 6.45) is 1.53. The Kier molecular flexibility index (Phi) is 8.54. The van der Waals surface area contributed by atoms with Crippen LogP contribution in [0.2, 0.25) is 5.02 Å². The van der Waals surface area contributed by atoms with Gasteiger partial charge in [-0.15, -0.1) is 11.3 Å². The highest BCUT2D eigenvalue weighted by Crippen LogP contribution is 2.28. The fourth-order valence-electron chi connectivity index (χ4n) is 3.84. The Bertz CT molecular complexity index is 1630. The van der Waals surface area contributed by atoms with Gasteiger partial charge in [0.25, 0.3) is 5.91 Å². The van der Waals surface area contributed by atoms with Crippen LogP contribution in [0.1, 0.15) is 32.6 Å². The largest absolute Gasteiger partial charge is 0.488 e. The molecule has 0 aliphatic rings. The van der Waals surface area contributed by atoms with Crippen LogP contribution in [-0.4, -0.2) is 17.1 Å². The Labute approximate surface area is 242 Å². The summed E-state index contributed by atoms with van der Waals surface area (Å²) in [6, 6.07) is 28.8. The highest BCUT2D eigenvalue weighted by Gasteiger charge is 2.09. The van der Waals surface area contributed by atoms with Crippen molar-refractivity contribution in [2.45, 2.75) is 20.5 Å². The van der Waals surface area contributed by atoms with Gasteiger partial charge in [-0.3, -0.25) is 4.79 Å². The SMILES string of the molecule is Cc1ccc(COc2ccc(Cl)cc2/C=N\NC(=O)c2ccc(-c3csc(Nc4ccc(C)cc4)n3)cc2)cc1. The van der Waals surface area contributed by atoms with Crippen molar-refractivity contribution in [3.63, 3.8) is 0 Å². The number of aromatic nitrogens is 1. The lowest BCUT2D eigenvalue weighted by Crippen LogP contribution is -2.17. The number of hydrogen-bond donors (Lipinski definition) is 2. The second-order valence-electron chi connectivity index (χ2n) is 9.26. The van der Waals surface area contributed by atoms with E-state index in [0.717, 1.165) is 27.6 Å². The maximum absolute atomic E-state index is 12.7. The van der Waals surface area contributed by atoms with E-state index in [1.54, 1.807) is 30.3 Å². The van der Waals surface area contributed by atoms with Gasteiger partial charge in [0.2, 0.25) is 0 Å².